The zero-order chi connectivity index (χ0) is 12.5. The molecule has 18 heavy (non-hydrogen) atoms. The zero-order valence-corrected chi connectivity index (χ0v) is 10.9. The lowest BCUT2D eigenvalue weighted by Crippen LogP contribution is -2.06. The summed E-state index contributed by atoms with van der Waals surface area (Å²) in [6.07, 6.45) is 6.25. The van der Waals surface area contributed by atoms with Gasteiger partial charge in [0, 0.05) is 23.4 Å². The Morgan fingerprint density at radius 2 is 2.17 bits per heavy atom. The highest BCUT2D eigenvalue weighted by Crippen LogP contribution is 2.30. The van der Waals surface area contributed by atoms with Crippen LogP contribution in [0.3, 0.4) is 0 Å². The maximum absolute atomic E-state index is 10.5. The molecule has 2 aromatic heterocycles. The summed E-state index contributed by atoms with van der Waals surface area (Å²) >= 11 is 1.73. The average molecular weight is 265 g/mol. The van der Waals surface area contributed by atoms with Crippen LogP contribution in [0.4, 0.5) is 0 Å². The van der Waals surface area contributed by atoms with E-state index in [1.807, 2.05) is 0 Å². The second-order valence-corrected chi connectivity index (χ2v) is 5.72. The van der Waals surface area contributed by atoms with Crippen LogP contribution in [0, 0.1) is 0 Å². The molecule has 0 unspecified atom stereocenters. The standard InChI is InChI=1S/C12H15N3O2S/c16-11(17)7-3-6-10-13-14-12-15(10)8-4-1-2-5-9(8)18-12/h1-7H2,(H,16,17). The number of rotatable bonds is 4. The van der Waals surface area contributed by atoms with Crippen LogP contribution >= 0.6 is 11.3 Å². The summed E-state index contributed by atoms with van der Waals surface area (Å²) in [6, 6.07) is 0. The van der Waals surface area contributed by atoms with Crippen LogP contribution in [-0.4, -0.2) is 25.7 Å². The second kappa shape index (κ2) is 4.68. The van der Waals surface area contributed by atoms with Gasteiger partial charge in [0.05, 0.1) is 0 Å². The Morgan fingerprint density at radius 1 is 1.33 bits per heavy atom. The molecule has 2 aromatic rings. The Hall–Kier alpha value is -1.43. The van der Waals surface area contributed by atoms with Gasteiger partial charge in [-0.05, 0) is 32.1 Å². The number of aryl methyl sites for hydroxylation is 3. The Balaban J connectivity index is 1.88. The van der Waals surface area contributed by atoms with Crippen molar-refractivity contribution >= 4 is 22.3 Å². The molecule has 5 nitrogen and oxygen atoms in total. The van der Waals surface area contributed by atoms with Crippen LogP contribution in [-0.2, 0) is 24.1 Å². The molecular formula is C12H15N3O2S. The summed E-state index contributed by atoms with van der Waals surface area (Å²) in [5, 5.41) is 17.1. The Bertz CT molecular complexity index is 587. The number of aliphatic carboxylic acids is 1. The predicted molar refractivity (Wildman–Crippen MR) is 68.1 cm³/mol. The molecule has 0 bridgehead atoms. The molecule has 0 aliphatic heterocycles. The van der Waals surface area contributed by atoms with E-state index in [0.29, 0.717) is 12.8 Å². The van der Waals surface area contributed by atoms with Gasteiger partial charge in [0.25, 0.3) is 0 Å². The van der Waals surface area contributed by atoms with E-state index in [9.17, 15) is 4.79 Å². The quantitative estimate of drug-likeness (QED) is 0.919. The SMILES string of the molecule is O=C(O)CCCc1nnc2sc3c(n12)CCCC3. The fraction of sp³-hybridized carbons (Fsp3) is 0.583. The summed E-state index contributed by atoms with van der Waals surface area (Å²) in [6.45, 7) is 0. The van der Waals surface area contributed by atoms with Crippen molar-refractivity contribution in [2.24, 2.45) is 0 Å². The summed E-state index contributed by atoms with van der Waals surface area (Å²) in [4.78, 5) is 12.9. The van der Waals surface area contributed by atoms with Crippen LogP contribution < -0.4 is 0 Å². The van der Waals surface area contributed by atoms with Gasteiger partial charge in [-0.1, -0.05) is 11.3 Å². The van der Waals surface area contributed by atoms with Crippen LogP contribution in [0.25, 0.3) is 4.96 Å². The van der Waals surface area contributed by atoms with Gasteiger partial charge in [0.15, 0.2) is 0 Å². The van der Waals surface area contributed by atoms with Crippen molar-refractivity contribution in [1.82, 2.24) is 14.6 Å². The number of carbonyl (C=O) groups is 1. The van der Waals surface area contributed by atoms with E-state index in [4.69, 9.17) is 5.11 Å². The average Bonchev–Trinajstić information content (AvgIpc) is 2.88. The lowest BCUT2D eigenvalue weighted by Gasteiger charge is -2.11. The van der Waals surface area contributed by atoms with Gasteiger partial charge < -0.3 is 5.11 Å². The van der Waals surface area contributed by atoms with E-state index >= 15 is 0 Å². The molecule has 0 aromatic carbocycles. The van der Waals surface area contributed by atoms with Crippen LogP contribution in [0.1, 0.15) is 42.1 Å². The minimum Gasteiger partial charge on any atom is -0.481 e. The third-order valence-corrected chi connectivity index (χ3v) is 4.50. The lowest BCUT2D eigenvalue weighted by molar-refractivity contribution is -0.137. The van der Waals surface area contributed by atoms with Crippen molar-refractivity contribution < 1.29 is 9.90 Å². The molecule has 0 amide bonds. The Morgan fingerprint density at radius 3 is 3.00 bits per heavy atom. The van der Waals surface area contributed by atoms with Crippen LogP contribution in [0.2, 0.25) is 0 Å². The van der Waals surface area contributed by atoms with Crippen molar-refractivity contribution in [2.45, 2.75) is 44.9 Å². The number of hydrogen-bond donors (Lipinski definition) is 1. The first kappa shape index (κ1) is 11.6. The number of aromatic nitrogens is 3. The predicted octanol–water partition coefficient (Wildman–Crippen LogP) is 2.08. The first-order valence-electron chi connectivity index (χ1n) is 6.32. The Labute approximate surface area is 108 Å². The lowest BCUT2D eigenvalue weighted by atomic mass is 10.0. The summed E-state index contributed by atoms with van der Waals surface area (Å²) in [5.74, 6) is 0.175. The van der Waals surface area contributed by atoms with Crippen LogP contribution in [0.15, 0.2) is 0 Å². The number of carboxylic acids is 1. The molecular weight excluding hydrogens is 250 g/mol. The highest BCUT2D eigenvalue weighted by Gasteiger charge is 2.19. The molecule has 2 heterocycles. The number of nitrogens with zero attached hydrogens (tertiary/aromatic N) is 3. The van der Waals surface area contributed by atoms with Gasteiger partial charge in [-0.3, -0.25) is 9.20 Å². The van der Waals surface area contributed by atoms with Gasteiger partial charge in [-0.15, -0.1) is 10.2 Å². The molecule has 6 heteroatoms. The highest BCUT2D eigenvalue weighted by molar-refractivity contribution is 7.17. The van der Waals surface area contributed by atoms with E-state index in [0.717, 1.165) is 23.6 Å². The molecule has 0 radical (unpaired) electrons. The van der Waals surface area contributed by atoms with Gasteiger partial charge >= 0.3 is 5.97 Å². The maximum atomic E-state index is 10.5. The number of fused-ring (bicyclic) bond motifs is 3. The Kier molecular flexibility index (Phi) is 3.03. The first-order chi connectivity index (χ1) is 8.75. The number of thiazole rings is 1. The fourth-order valence-corrected chi connectivity index (χ4v) is 3.68. The maximum Gasteiger partial charge on any atom is 0.303 e. The summed E-state index contributed by atoms with van der Waals surface area (Å²) < 4.78 is 2.15. The molecule has 0 atom stereocenters. The topological polar surface area (TPSA) is 67.5 Å². The molecule has 1 aliphatic carbocycles. The molecule has 3 rings (SSSR count). The third-order valence-electron chi connectivity index (χ3n) is 3.37. The third kappa shape index (κ3) is 2.01. The van der Waals surface area contributed by atoms with E-state index in [2.05, 4.69) is 14.6 Å². The monoisotopic (exact) mass is 265 g/mol. The minimum absolute atomic E-state index is 0.196. The smallest absolute Gasteiger partial charge is 0.303 e. The molecule has 1 aliphatic rings. The summed E-state index contributed by atoms with van der Waals surface area (Å²) in [7, 11) is 0. The van der Waals surface area contributed by atoms with Crippen molar-refractivity contribution in [3.8, 4) is 0 Å². The molecule has 0 spiro atoms. The molecule has 0 fully saturated rings. The molecule has 1 N–H and O–H groups in total. The van der Waals surface area contributed by atoms with E-state index < -0.39 is 5.97 Å². The number of carboxylic acid groups (broad SMARTS) is 1. The highest BCUT2D eigenvalue weighted by atomic mass is 32.1. The van der Waals surface area contributed by atoms with Crippen LogP contribution in [0.5, 0.6) is 0 Å². The molecule has 0 saturated carbocycles. The first-order valence-corrected chi connectivity index (χ1v) is 7.13. The fourth-order valence-electron chi connectivity index (χ4n) is 2.52. The van der Waals surface area contributed by atoms with Crippen molar-refractivity contribution in [2.75, 3.05) is 0 Å². The molecule has 96 valence electrons. The number of hydrogen-bond acceptors (Lipinski definition) is 4. The van der Waals surface area contributed by atoms with Crippen molar-refractivity contribution in [1.29, 1.82) is 0 Å². The summed E-state index contributed by atoms with van der Waals surface area (Å²) in [5.41, 5.74) is 1.36. The second-order valence-electron chi connectivity index (χ2n) is 4.66. The van der Waals surface area contributed by atoms with Gasteiger partial charge in [0.1, 0.15) is 5.82 Å². The van der Waals surface area contributed by atoms with E-state index in [1.54, 1.807) is 11.3 Å². The minimum atomic E-state index is -0.747. The van der Waals surface area contributed by atoms with E-state index in [1.165, 1.54) is 23.4 Å². The van der Waals surface area contributed by atoms with E-state index in [-0.39, 0.29) is 6.42 Å². The molecule has 0 saturated heterocycles. The zero-order valence-electron chi connectivity index (χ0n) is 10.1. The van der Waals surface area contributed by atoms with Crippen molar-refractivity contribution in [3.63, 3.8) is 0 Å². The normalized spacial score (nSPS) is 14.9. The van der Waals surface area contributed by atoms with Gasteiger partial charge in [0.2, 0.25) is 4.96 Å². The van der Waals surface area contributed by atoms with Crippen molar-refractivity contribution in [3.05, 3.63) is 16.4 Å². The van der Waals surface area contributed by atoms with Gasteiger partial charge in [-0.25, -0.2) is 0 Å². The van der Waals surface area contributed by atoms with Gasteiger partial charge in [-0.2, -0.15) is 0 Å². The largest absolute Gasteiger partial charge is 0.481 e.